The molecule has 1 rings (SSSR count). The average Bonchev–Trinajstić information content (AvgIpc) is 2.27. The molecule has 0 amide bonds. The maximum atomic E-state index is 13.3. The van der Waals surface area contributed by atoms with E-state index in [0.717, 1.165) is 0 Å². The molecule has 0 aliphatic heterocycles. The van der Waals surface area contributed by atoms with Crippen LogP contribution in [0.3, 0.4) is 0 Å². The van der Waals surface area contributed by atoms with Crippen LogP contribution in [0.15, 0.2) is 12.1 Å². The SMILES string of the molecule is COc1cc(N[C@H](CO)C(C)C)c(N)cc1F. The number of aliphatic hydroxyl groups is 1. The molecule has 4 nitrogen and oxygen atoms in total. The lowest BCUT2D eigenvalue weighted by Gasteiger charge is -2.22. The Labute approximate surface area is 101 Å². The second-order valence-corrected chi connectivity index (χ2v) is 4.25. The summed E-state index contributed by atoms with van der Waals surface area (Å²) in [6.07, 6.45) is 0. The first-order chi connectivity index (χ1) is 7.99. The predicted molar refractivity (Wildman–Crippen MR) is 66.7 cm³/mol. The lowest BCUT2D eigenvalue weighted by molar-refractivity contribution is 0.249. The molecule has 0 radical (unpaired) electrons. The number of benzene rings is 1. The molecule has 0 spiro atoms. The zero-order valence-corrected chi connectivity index (χ0v) is 10.3. The first-order valence-corrected chi connectivity index (χ1v) is 5.50. The van der Waals surface area contributed by atoms with E-state index in [9.17, 15) is 9.50 Å². The van der Waals surface area contributed by atoms with Gasteiger partial charge in [0.1, 0.15) is 0 Å². The Morgan fingerprint density at radius 2 is 2.12 bits per heavy atom. The maximum Gasteiger partial charge on any atom is 0.167 e. The molecule has 5 heteroatoms. The van der Waals surface area contributed by atoms with Crippen LogP contribution in [-0.4, -0.2) is 24.9 Å². The van der Waals surface area contributed by atoms with Crippen molar-refractivity contribution >= 4 is 11.4 Å². The molecule has 0 fully saturated rings. The number of anilines is 2. The molecular weight excluding hydrogens is 223 g/mol. The zero-order valence-electron chi connectivity index (χ0n) is 10.3. The number of rotatable bonds is 5. The predicted octanol–water partition coefficient (Wildman–Crippen LogP) is 1.85. The van der Waals surface area contributed by atoms with E-state index in [1.807, 2.05) is 13.8 Å². The number of ether oxygens (including phenoxy) is 1. The fourth-order valence-electron chi connectivity index (χ4n) is 1.47. The van der Waals surface area contributed by atoms with Gasteiger partial charge in [-0.15, -0.1) is 0 Å². The lowest BCUT2D eigenvalue weighted by Crippen LogP contribution is -2.29. The molecule has 1 aromatic carbocycles. The second kappa shape index (κ2) is 5.72. The molecule has 0 aliphatic carbocycles. The van der Waals surface area contributed by atoms with E-state index in [0.29, 0.717) is 11.4 Å². The average molecular weight is 242 g/mol. The number of methoxy groups -OCH3 is 1. The number of nitrogens with two attached hydrogens (primary N) is 1. The number of aliphatic hydroxyl groups excluding tert-OH is 1. The Morgan fingerprint density at radius 1 is 1.47 bits per heavy atom. The van der Waals surface area contributed by atoms with Crippen molar-refractivity contribution in [1.82, 2.24) is 0 Å². The number of hydrogen-bond donors (Lipinski definition) is 3. The molecule has 0 heterocycles. The van der Waals surface area contributed by atoms with Crippen molar-refractivity contribution < 1.29 is 14.2 Å². The van der Waals surface area contributed by atoms with Crippen molar-refractivity contribution in [3.8, 4) is 5.75 Å². The third-order valence-corrected chi connectivity index (χ3v) is 2.67. The van der Waals surface area contributed by atoms with Gasteiger partial charge in [0, 0.05) is 12.1 Å². The molecule has 0 saturated carbocycles. The summed E-state index contributed by atoms with van der Waals surface area (Å²) in [5.74, 6) is -0.141. The van der Waals surface area contributed by atoms with E-state index in [1.165, 1.54) is 19.2 Å². The van der Waals surface area contributed by atoms with Crippen LogP contribution in [0, 0.1) is 11.7 Å². The summed E-state index contributed by atoms with van der Waals surface area (Å²) in [4.78, 5) is 0. The van der Waals surface area contributed by atoms with Crippen molar-refractivity contribution in [2.45, 2.75) is 19.9 Å². The van der Waals surface area contributed by atoms with Gasteiger partial charge >= 0.3 is 0 Å². The summed E-state index contributed by atoms with van der Waals surface area (Å²) >= 11 is 0. The standard InChI is InChI=1S/C12H19FN2O2/c1-7(2)11(6-16)15-10-5-12(17-3)8(13)4-9(10)14/h4-5,7,11,15-16H,6,14H2,1-3H3/t11-/m1/s1. The Bertz CT molecular complexity index is 383. The molecule has 0 unspecified atom stereocenters. The van der Waals surface area contributed by atoms with E-state index in [-0.39, 0.29) is 24.3 Å². The Kier molecular flexibility index (Phi) is 4.57. The van der Waals surface area contributed by atoms with E-state index in [2.05, 4.69) is 5.32 Å². The van der Waals surface area contributed by atoms with E-state index in [4.69, 9.17) is 10.5 Å². The van der Waals surface area contributed by atoms with Crippen molar-refractivity contribution in [2.24, 2.45) is 5.92 Å². The van der Waals surface area contributed by atoms with Crippen LogP contribution < -0.4 is 15.8 Å². The summed E-state index contributed by atoms with van der Waals surface area (Å²) in [6, 6.07) is 2.57. The van der Waals surface area contributed by atoms with E-state index in [1.54, 1.807) is 0 Å². The second-order valence-electron chi connectivity index (χ2n) is 4.25. The number of hydrogen-bond acceptors (Lipinski definition) is 4. The first kappa shape index (κ1) is 13.6. The first-order valence-electron chi connectivity index (χ1n) is 5.50. The van der Waals surface area contributed by atoms with Crippen LogP contribution >= 0.6 is 0 Å². The molecule has 0 bridgehead atoms. The van der Waals surface area contributed by atoms with Crippen molar-refractivity contribution in [3.05, 3.63) is 17.9 Å². The van der Waals surface area contributed by atoms with Crippen molar-refractivity contribution in [1.29, 1.82) is 0 Å². The largest absolute Gasteiger partial charge is 0.494 e. The monoisotopic (exact) mass is 242 g/mol. The summed E-state index contributed by atoms with van der Waals surface area (Å²) in [7, 11) is 1.39. The molecule has 1 atom stereocenters. The van der Waals surface area contributed by atoms with Gasteiger partial charge in [-0.3, -0.25) is 0 Å². The third-order valence-electron chi connectivity index (χ3n) is 2.67. The maximum absolute atomic E-state index is 13.3. The van der Waals surface area contributed by atoms with Gasteiger partial charge in [-0.2, -0.15) is 0 Å². The van der Waals surface area contributed by atoms with Gasteiger partial charge in [0.25, 0.3) is 0 Å². The summed E-state index contributed by atoms with van der Waals surface area (Å²) in [5, 5.41) is 12.3. The number of nitrogens with one attached hydrogen (secondary N) is 1. The fraction of sp³-hybridized carbons (Fsp3) is 0.500. The van der Waals surface area contributed by atoms with Gasteiger partial charge in [-0.05, 0) is 5.92 Å². The Morgan fingerprint density at radius 3 is 2.59 bits per heavy atom. The molecule has 0 aliphatic rings. The van der Waals surface area contributed by atoms with E-state index >= 15 is 0 Å². The third kappa shape index (κ3) is 3.23. The van der Waals surface area contributed by atoms with Crippen LogP contribution in [-0.2, 0) is 0 Å². The Balaban J connectivity index is 2.97. The highest BCUT2D eigenvalue weighted by Gasteiger charge is 2.15. The molecule has 4 N–H and O–H groups in total. The van der Waals surface area contributed by atoms with Crippen LogP contribution in [0.1, 0.15) is 13.8 Å². The van der Waals surface area contributed by atoms with Crippen molar-refractivity contribution in [2.75, 3.05) is 24.8 Å². The highest BCUT2D eigenvalue weighted by Crippen LogP contribution is 2.29. The minimum Gasteiger partial charge on any atom is -0.494 e. The summed E-state index contributed by atoms with van der Waals surface area (Å²) in [6.45, 7) is 3.94. The van der Waals surface area contributed by atoms with Crippen LogP contribution in [0.5, 0.6) is 5.75 Å². The van der Waals surface area contributed by atoms with Gasteiger partial charge in [-0.1, -0.05) is 13.8 Å². The smallest absolute Gasteiger partial charge is 0.167 e. The highest BCUT2D eigenvalue weighted by molar-refractivity contribution is 5.69. The van der Waals surface area contributed by atoms with E-state index < -0.39 is 5.82 Å². The molecule has 17 heavy (non-hydrogen) atoms. The number of halogens is 1. The minimum atomic E-state index is -0.499. The summed E-state index contributed by atoms with van der Waals surface area (Å²) < 4.78 is 18.2. The van der Waals surface area contributed by atoms with Crippen LogP contribution in [0.4, 0.5) is 15.8 Å². The van der Waals surface area contributed by atoms with Gasteiger partial charge in [-0.25, -0.2) is 4.39 Å². The van der Waals surface area contributed by atoms with Gasteiger partial charge in [0.2, 0.25) is 0 Å². The normalized spacial score (nSPS) is 12.6. The van der Waals surface area contributed by atoms with Crippen LogP contribution in [0.2, 0.25) is 0 Å². The molecule has 96 valence electrons. The lowest BCUT2D eigenvalue weighted by atomic mass is 10.0. The highest BCUT2D eigenvalue weighted by atomic mass is 19.1. The number of nitrogen functional groups attached to an aromatic ring is 1. The van der Waals surface area contributed by atoms with Gasteiger partial charge in [0.15, 0.2) is 11.6 Å². The molecule has 0 aromatic heterocycles. The Hall–Kier alpha value is -1.49. The van der Waals surface area contributed by atoms with Gasteiger partial charge < -0.3 is 20.9 Å². The van der Waals surface area contributed by atoms with Crippen molar-refractivity contribution in [3.63, 3.8) is 0 Å². The van der Waals surface area contributed by atoms with Gasteiger partial charge in [0.05, 0.1) is 31.1 Å². The molecule has 1 aromatic rings. The quantitative estimate of drug-likeness (QED) is 0.689. The minimum absolute atomic E-state index is 0.0171. The molecular formula is C12H19FN2O2. The van der Waals surface area contributed by atoms with Crippen LogP contribution in [0.25, 0.3) is 0 Å². The zero-order chi connectivity index (χ0) is 13.0. The fourth-order valence-corrected chi connectivity index (χ4v) is 1.47. The topological polar surface area (TPSA) is 67.5 Å². The summed E-state index contributed by atoms with van der Waals surface area (Å²) in [5.41, 5.74) is 6.57. The molecule has 0 saturated heterocycles.